The molecule has 0 amide bonds. The van der Waals surface area contributed by atoms with E-state index in [0.29, 0.717) is 28.0 Å². The van der Waals surface area contributed by atoms with Crippen LogP contribution in [0.15, 0.2) is 82.1 Å². The number of para-hydroxylation sites is 2. The summed E-state index contributed by atoms with van der Waals surface area (Å²) in [5.74, 6) is 0.405. The summed E-state index contributed by atoms with van der Waals surface area (Å²) < 4.78 is 36.0. The van der Waals surface area contributed by atoms with Gasteiger partial charge in [0.15, 0.2) is 27.8 Å². The van der Waals surface area contributed by atoms with Gasteiger partial charge in [0, 0.05) is 0 Å². The summed E-state index contributed by atoms with van der Waals surface area (Å²) in [5, 5.41) is 22.8. The van der Waals surface area contributed by atoms with Crippen LogP contribution >= 0.6 is 0 Å². The number of sulfone groups is 1. The van der Waals surface area contributed by atoms with Crippen molar-refractivity contribution in [3.8, 4) is 11.8 Å². The lowest BCUT2D eigenvalue weighted by molar-refractivity contribution is 0.0524. The molecule has 3 aromatic carbocycles. The molecule has 0 aliphatic carbocycles. The number of hydrogen-bond donors (Lipinski definition) is 2. The smallest absolute Gasteiger partial charge is 0.297 e. The molecule has 2 N–H and O–H groups in total. The highest BCUT2D eigenvalue weighted by atomic mass is 32.2. The van der Waals surface area contributed by atoms with Gasteiger partial charge in [0.2, 0.25) is 0 Å². The lowest BCUT2D eigenvalue weighted by atomic mass is 10.1. The largest absolute Gasteiger partial charge is 0.481 e. The predicted octanol–water partition coefficient (Wildman–Crippen LogP) is 4.04. The Bertz CT molecular complexity index is 1360. The second-order valence-electron chi connectivity index (χ2n) is 7.22. The van der Waals surface area contributed by atoms with Crippen molar-refractivity contribution in [3.63, 3.8) is 0 Å². The van der Waals surface area contributed by atoms with Crippen molar-refractivity contribution < 1.29 is 22.7 Å². The number of oxazole rings is 1. The highest BCUT2D eigenvalue weighted by Gasteiger charge is 2.26. The first-order valence-corrected chi connectivity index (χ1v) is 11.8. The number of benzene rings is 3. The molecule has 2 atom stereocenters. The summed E-state index contributed by atoms with van der Waals surface area (Å²) in [6.45, 7) is 1.58. The number of hydrogen-bond acceptors (Lipinski definition) is 8. The van der Waals surface area contributed by atoms with Crippen LogP contribution in [0.2, 0.25) is 0 Å². The molecule has 0 aliphatic rings. The quantitative estimate of drug-likeness (QED) is 0.375. The Kier molecular flexibility index (Phi) is 6.31. The van der Waals surface area contributed by atoms with E-state index in [9.17, 15) is 13.5 Å². The van der Waals surface area contributed by atoms with Gasteiger partial charge in [-0.15, -0.1) is 0 Å². The standard InChI is InChI=1S/C24H21N3O5S/c1-2-33(29,30)19-13-9-17(10-14-19)22(31-18-11-7-16(15-25)8-12-18)23(28)27-24-26-20-5-3-4-6-21(20)32-24/h3-14,22-23,28H,2H2,1H3,(H,26,27). The van der Waals surface area contributed by atoms with Crippen molar-refractivity contribution in [2.45, 2.75) is 24.2 Å². The van der Waals surface area contributed by atoms with Crippen LogP contribution in [0, 0.1) is 11.3 Å². The predicted molar refractivity (Wildman–Crippen MR) is 122 cm³/mol. The van der Waals surface area contributed by atoms with Gasteiger partial charge in [-0.1, -0.05) is 31.2 Å². The topological polar surface area (TPSA) is 125 Å². The van der Waals surface area contributed by atoms with Gasteiger partial charge in [-0.2, -0.15) is 10.2 Å². The Morgan fingerprint density at radius 1 is 1.09 bits per heavy atom. The number of nitrogens with zero attached hydrogens (tertiary/aromatic N) is 2. The summed E-state index contributed by atoms with van der Waals surface area (Å²) in [6, 6.07) is 21.9. The first-order valence-electron chi connectivity index (χ1n) is 10.2. The van der Waals surface area contributed by atoms with E-state index in [4.69, 9.17) is 14.4 Å². The van der Waals surface area contributed by atoms with Gasteiger partial charge in [0.25, 0.3) is 6.01 Å². The van der Waals surface area contributed by atoms with Gasteiger partial charge >= 0.3 is 0 Å². The molecule has 0 saturated heterocycles. The summed E-state index contributed by atoms with van der Waals surface area (Å²) in [7, 11) is -3.37. The highest BCUT2D eigenvalue weighted by Crippen LogP contribution is 2.28. The molecule has 33 heavy (non-hydrogen) atoms. The van der Waals surface area contributed by atoms with Crippen LogP contribution in [-0.2, 0) is 9.84 Å². The fourth-order valence-electron chi connectivity index (χ4n) is 3.24. The lowest BCUT2D eigenvalue weighted by Gasteiger charge is -2.25. The second-order valence-corrected chi connectivity index (χ2v) is 9.50. The molecule has 4 rings (SSSR count). The number of aliphatic hydroxyl groups is 1. The number of rotatable bonds is 8. The van der Waals surface area contributed by atoms with Gasteiger partial charge in [0.1, 0.15) is 11.3 Å². The number of nitriles is 1. The zero-order valence-electron chi connectivity index (χ0n) is 17.7. The Labute approximate surface area is 191 Å². The van der Waals surface area contributed by atoms with Gasteiger partial charge in [-0.3, -0.25) is 0 Å². The maximum atomic E-state index is 12.2. The van der Waals surface area contributed by atoms with Gasteiger partial charge in [0.05, 0.1) is 22.3 Å². The molecule has 0 bridgehead atoms. The minimum absolute atomic E-state index is 0.0145. The van der Waals surface area contributed by atoms with E-state index in [-0.39, 0.29) is 16.7 Å². The molecule has 0 spiro atoms. The number of aliphatic hydroxyl groups excluding tert-OH is 1. The Morgan fingerprint density at radius 2 is 1.79 bits per heavy atom. The van der Waals surface area contributed by atoms with Crippen LogP contribution in [0.3, 0.4) is 0 Å². The van der Waals surface area contributed by atoms with Gasteiger partial charge in [-0.25, -0.2) is 8.42 Å². The van der Waals surface area contributed by atoms with Crippen molar-refractivity contribution in [2.75, 3.05) is 11.1 Å². The van der Waals surface area contributed by atoms with Crippen LogP contribution < -0.4 is 10.1 Å². The Hall–Kier alpha value is -3.87. The first kappa shape index (κ1) is 22.3. The van der Waals surface area contributed by atoms with Crippen molar-refractivity contribution in [2.24, 2.45) is 0 Å². The molecular formula is C24H21N3O5S. The molecule has 0 radical (unpaired) electrons. The van der Waals surface area contributed by atoms with E-state index < -0.39 is 22.2 Å². The first-order chi connectivity index (χ1) is 15.9. The van der Waals surface area contributed by atoms with Crippen LogP contribution in [0.1, 0.15) is 24.2 Å². The average molecular weight is 464 g/mol. The molecule has 1 heterocycles. The van der Waals surface area contributed by atoms with Crippen LogP contribution in [0.4, 0.5) is 6.01 Å². The van der Waals surface area contributed by atoms with Crippen molar-refractivity contribution in [1.29, 1.82) is 5.26 Å². The van der Waals surface area contributed by atoms with Gasteiger partial charge < -0.3 is 19.6 Å². The van der Waals surface area contributed by atoms with Crippen molar-refractivity contribution in [3.05, 3.63) is 83.9 Å². The summed E-state index contributed by atoms with van der Waals surface area (Å²) in [6.07, 6.45) is -2.23. The fraction of sp³-hybridized carbons (Fsp3) is 0.167. The van der Waals surface area contributed by atoms with Crippen LogP contribution in [-0.4, -0.2) is 30.5 Å². The van der Waals surface area contributed by atoms with E-state index in [1.54, 1.807) is 55.5 Å². The number of nitrogens with one attached hydrogen (secondary N) is 1. The van der Waals surface area contributed by atoms with E-state index in [0.717, 1.165) is 0 Å². The minimum Gasteiger partial charge on any atom is -0.481 e. The third kappa shape index (κ3) is 4.98. The molecule has 8 nitrogen and oxygen atoms in total. The van der Waals surface area contributed by atoms with Gasteiger partial charge in [-0.05, 0) is 54.1 Å². The minimum atomic E-state index is -3.37. The number of ether oxygens (including phenoxy) is 1. The average Bonchev–Trinajstić information content (AvgIpc) is 3.25. The Balaban J connectivity index is 1.64. The molecular weight excluding hydrogens is 442 g/mol. The molecule has 0 fully saturated rings. The zero-order valence-corrected chi connectivity index (χ0v) is 18.5. The molecule has 2 unspecified atom stereocenters. The monoisotopic (exact) mass is 463 g/mol. The summed E-state index contributed by atoms with van der Waals surface area (Å²) in [4.78, 5) is 4.49. The molecule has 0 saturated carbocycles. The normalized spacial score (nSPS) is 13.2. The van der Waals surface area contributed by atoms with Crippen LogP contribution in [0.5, 0.6) is 5.75 Å². The van der Waals surface area contributed by atoms with Crippen molar-refractivity contribution >= 4 is 27.0 Å². The highest BCUT2D eigenvalue weighted by molar-refractivity contribution is 7.91. The van der Waals surface area contributed by atoms with E-state index >= 15 is 0 Å². The molecule has 0 aliphatic heterocycles. The molecule has 9 heteroatoms. The van der Waals surface area contributed by atoms with E-state index in [2.05, 4.69) is 10.3 Å². The zero-order chi connectivity index (χ0) is 23.4. The molecule has 168 valence electrons. The second kappa shape index (κ2) is 9.32. The summed E-state index contributed by atoms with van der Waals surface area (Å²) in [5.41, 5.74) is 2.19. The maximum Gasteiger partial charge on any atom is 0.297 e. The maximum absolute atomic E-state index is 12.2. The van der Waals surface area contributed by atoms with E-state index in [1.807, 2.05) is 18.2 Å². The lowest BCUT2D eigenvalue weighted by Crippen LogP contribution is -2.31. The number of aromatic nitrogens is 1. The molecule has 4 aromatic rings. The summed E-state index contributed by atoms with van der Waals surface area (Å²) >= 11 is 0. The Morgan fingerprint density at radius 3 is 2.42 bits per heavy atom. The molecule has 1 aromatic heterocycles. The number of anilines is 1. The third-order valence-corrected chi connectivity index (χ3v) is 6.80. The van der Waals surface area contributed by atoms with Crippen molar-refractivity contribution in [1.82, 2.24) is 4.98 Å². The van der Waals surface area contributed by atoms with Crippen LogP contribution in [0.25, 0.3) is 11.1 Å². The SMILES string of the molecule is CCS(=O)(=O)c1ccc(C(Oc2ccc(C#N)cc2)C(O)Nc2nc3ccccc3o2)cc1. The third-order valence-electron chi connectivity index (χ3n) is 5.05. The number of fused-ring (bicyclic) bond motifs is 1. The fourth-order valence-corrected chi connectivity index (χ4v) is 4.12. The van der Waals surface area contributed by atoms with E-state index in [1.165, 1.54) is 12.1 Å².